The molecule has 2 heteroatoms. The van der Waals surface area contributed by atoms with Crippen LogP contribution in [0.4, 0.5) is 0 Å². The van der Waals surface area contributed by atoms with Gasteiger partial charge >= 0.3 is 0 Å². The first-order chi connectivity index (χ1) is 8.27. The Morgan fingerprint density at radius 1 is 0.941 bits per heavy atom. The molecule has 0 radical (unpaired) electrons. The van der Waals surface area contributed by atoms with Crippen LogP contribution in [0.2, 0.25) is 0 Å². The van der Waals surface area contributed by atoms with Crippen LogP contribution < -0.4 is 0 Å². The van der Waals surface area contributed by atoms with Crippen molar-refractivity contribution in [2.75, 3.05) is 0 Å². The Morgan fingerprint density at radius 2 is 1.41 bits per heavy atom. The fraction of sp³-hybridized carbons (Fsp3) is 0.133. The van der Waals surface area contributed by atoms with Crippen molar-refractivity contribution >= 4 is 0 Å². The van der Waals surface area contributed by atoms with Gasteiger partial charge in [-0.1, -0.05) is 48.5 Å². The summed E-state index contributed by atoms with van der Waals surface area (Å²) in [5, 5.41) is 19.7. The molecule has 0 aliphatic heterocycles. The summed E-state index contributed by atoms with van der Waals surface area (Å²) in [7, 11) is 0. The van der Waals surface area contributed by atoms with Crippen LogP contribution in [0.5, 0.6) is 0 Å². The van der Waals surface area contributed by atoms with Crippen LogP contribution in [0.3, 0.4) is 0 Å². The lowest BCUT2D eigenvalue weighted by molar-refractivity contribution is 0.0909. The van der Waals surface area contributed by atoms with Crippen molar-refractivity contribution in [1.82, 2.24) is 0 Å². The standard InChI is InChI=1S/C15H11NO/c16-10-9-15(17)13-7-3-1-5-11(13)12-6-2-4-8-14(12)15/h1-8,17H,9H2. The van der Waals surface area contributed by atoms with Gasteiger partial charge in [0.1, 0.15) is 5.60 Å². The van der Waals surface area contributed by atoms with Gasteiger partial charge in [-0.05, 0) is 22.3 Å². The molecule has 0 fully saturated rings. The quantitative estimate of drug-likeness (QED) is 0.804. The van der Waals surface area contributed by atoms with Gasteiger partial charge in [-0.2, -0.15) is 5.26 Å². The van der Waals surface area contributed by atoms with Gasteiger partial charge in [0, 0.05) is 0 Å². The molecule has 0 heterocycles. The smallest absolute Gasteiger partial charge is 0.129 e. The number of nitrogens with zero attached hydrogens (tertiary/aromatic N) is 1. The molecule has 1 N–H and O–H groups in total. The third kappa shape index (κ3) is 1.23. The van der Waals surface area contributed by atoms with E-state index in [1.165, 1.54) is 0 Å². The average molecular weight is 221 g/mol. The van der Waals surface area contributed by atoms with Crippen LogP contribution in [0.1, 0.15) is 17.5 Å². The second-order valence-corrected chi connectivity index (χ2v) is 4.29. The van der Waals surface area contributed by atoms with E-state index in [1.807, 2.05) is 48.5 Å². The van der Waals surface area contributed by atoms with Crippen LogP contribution in [0.15, 0.2) is 48.5 Å². The van der Waals surface area contributed by atoms with Crippen molar-refractivity contribution in [3.63, 3.8) is 0 Å². The van der Waals surface area contributed by atoms with Crippen molar-refractivity contribution < 1.29 is 5.11 Å². The maximum Gasteiger partial charge on any atom is 0.129 e. The lowest BCUT2D eigenvalue weighted by Crippen LogP contribution is -2.23. The van der Waals surface area contributed by atoms with Gasteiger partial charge in [-0.25, -0.2) is 0 Å². The molecule has 82 valence electrons. The van der Waals surface area contributed by atoms with E-state index in [4.69, 9.17) is 5.26 Å². The van der Waals surface area contributed by atoms with E-state index < -0.39 is 5.60 Å². The van der Waals surface area contributed by atoms with Crippen molar-refractivity contribution in [2.45, 2.75) is 12.0 Å². The molecule has 2 nitrogen and oxygen atoms in total. The van der Waals surface area contributed by atoms with E-state index in [2.05, 4.69) is 6.07 Å². The summed E-state index contributed by atoms with van der Waals surface area (Å²) >= 11 is 0. The molecule has 0 saturated heterocycles. The van der Waals surface area contributed by atoms with Crippen LogP contribution in [-0.2, 0) is 5.60 Å². The highest BCUT2D eigenvalue weighted by Crippen LogP contribution is 2.48. The second-order valence-electron chi connectivity index (χ2n) is 4.29. The summed E-state index contributed by atoms with van der Waals surface area (Å²) < 4.78 is 0. The monoisotopic (exact) mass is 221 g/mol. The van der Waals surface area contributed by atoms with Gasteiger partial charge in [0.05, 0.1) is 12.5 Å². The second kappa shape index (κ2) is 3.44. The minimum atomic E-state index is -1.15. The van der Waals surface area contributed by atoms with E-state index in [-0.39, 0.29) is 6.42 Å². The molecular weight excluding hydrogens is 210 g/mol. The van der Waals surface area contributed by atoms with E-state index in [1.54, 1.807) is 0 Å². The highest BCUT2D eigenvalue weighted by Gasteiger charge is 2.40. The first-order valence-electron chi connectivity index (χ1n) is 5.56. The van der Waals surface area contributed by atoms with Gasteiger partial charge < -0.3 is 5.11 Å². The topological polar surface area (TPSA) is 44.0 Å². The molecule has 1 aliphatic carbocycles. The molecule has 0 saturated carbocycles. The number of hydrogen-bond donors (Lipinski definition) is 1. The summed E-state index contributed by atoms with van der Waals surface area (Å²) in [6.07, 6.45) is 0.0844. The summed E-state index contributed by atoms with van der Waals surface area (Å²) in [5.41, 5.74) is 2.58. The maximum absolute atomic E-state index is 10.8. The van der Waals surface area contributed by atoms with E-state index in [0.29, 0.717) is 0 Å². The molecule has 1 aliphatic rings. The number of nitriles is 1. The lowest BCUT2D eigenvalue weighted by Gasteiger charge is -2.22. The Kier molecular flexibility index (Phi) is 2.04. The molecule has 17 heavy (non-hydrogen) atoms. The molecule has 3 rings (SSSR count). The number of fused-ring (bicyclic) bond motifs is 3. The molecule has 2 aromatic rings. The average Bonchev–Trinajstić information content (AvgIpc) is 2.62. The third-order valence-electron chi connectivity index (χ3n) is 3.37. The summed E-state index contributed by atoms with van der Waals surface area (Å²) in [6, 6.07) is 17.5. The van der Waals surface area contributed by atoms with Crippen LogP contribution in [-0.4, -0.2) is 5.11 Å². The Balaban J connectivity index is 2.36. The largest absolute Gasteiger partial charge is 0.379 e. The van der Waals surface area contributed by atoms with Crippen molar-refractivity contribution in [3.8, 4) is 17.2 Å². The zero-order valence-electron chi connectivity index (χ0n) is 9.22. The van der Waals surface area contributed by atoms with E-state index >= 15 is 0 Å². The number of rotatable bonds is 1. The molecular formula is C15H11NO. The van der Waals surface area contributed by atoms with E-state index in [9.17, 15) is 5.11 Å². The summed E-state index contributed by atoms with van der Waals surface area (Å²) in [6.45, 7) is 0. The van der Waals surface area contributed by atoms with Gasteiger partial charge in [0.15, 0.2) is 0 Å². The SMILES string of the molecule is N#CCC1(O)c2ccccc2-c2ccccc21. The molecule has 0 unspecified atom stereocenters. The first kappa shape index (κ1) is 10.1. The van der Waals surface area contributed by atoms with E-state index in [0.717, 1.165) is 22.3 Å². The van der Waals surface area contributed by atoms with Crippen LogP contribution in [0, 0.1) is 11.3 Å². The van der Waals surface area contributed by atoms with Gasteiger partial charge in [-0.15, -0.1) is 0 Å². The molecule has 2 aromatic carbocycles. The normalized spacial score (nSPS) is 14.8. The number of hydrogen-bond acceptors (Lipinski definition) is 2. The molecule has 0 spiro atoms. The molecule has 0 amide bonds. The van der Waals surface area contributed by atoms with Crippen molar-refractivity contribution in [3.05, 3.63) is 59.7 Å². The predicted molar refractivity (Wildman–Crippen MR) is 65.1 cm³/mol. The highest BCUT2D eigenvalue weighted by atomic mass is 16.3. The first-order valence-corrected chi connectivity index (χ1v) is 5.56. The number of aliphatic hydroxyl groups is 1. The van der Waals surface area contributed by atoms with Crippen molar-refractivity contribution in [1.29, 1.82) is 5.26 Å². The lowest BCUT2D eigenvalue weighted by atomic mass is 9.89. The fourth-order valence-electron chi connectivity index (χ4n) is 2.61. The van der Waals surface area contributed by atoms with Gasteiger partial charge in [0.25, 0.3) is 0 Å². The Bertz CT molecular complexity index is 579. The van der Waals surface area contributed by atoms with Gasteiger partial charge in [0.2, 0.25) is 0 Å². The Labute approximate surface area is 99.8 Å². The summed E-state index contributed by atoms with van der Waals surface area (Å²) in [5.74, 6) is 0. The molecule has 0 atom stereocenters. The zero-order valence-corrected chi connectivity index (χ0v) is 9.22. The third-order valence-corrected chi connectivity index (χ3v) is 3.37. The Morgan fingerprint density at radius 3 is 1.88 bits per heavy atom. The fourth-order valence-corrected chi connectivity index (χ4v) is 2.61. The Hall–Kier alpha value is -2.11. The van der Waals surface area contributed by atoms with Crippen molar-refractivity contribution in [2.24, 2.45) is 0 Å². The molecule has 0 bridgehead atoms. The summed E-state index contributed by atoms with van der Waals surface area (Å²) in [4.78, 5) is 0. The minimum absolute atomic E-state index is 0.0844. The predicted octanol–water partition coefficient (Wildman–Crippen LogP) is 2.82. The van der Waals surface area contributed by atoms with Crippen LogP contribution >= 0.6 is 0 Å². The number of benzene rings is 2. The zero-order chi connectivity index (χ0) is 11.9. The minimum Gasteiger partial charge on any atom is -0.379 e. The van der Waals surface area contributed by atoms with Crippen LogP contribution in [0.25, 0.3) is 11.1 Å². The maximum atomic E-state index is 10.8. The molecule has 0 aromatic heterocycles. The highest BCUT2D eigenvalue weighted by molar-refractivity contribution is 5.80. The van der Waals surface area contributed by atoms with Gasteiger partial charge in [-0.3, -0.25) is 0 Å².